The molecule has 0 atom stereocenters. The number of carbonyl (C=O) groups excluding carboxylic acids is 1. The standard InChI is InChI=1S/C24H30O4/c1-15(2)21-12-18(8-9-23(21)25)13-22-16(3)10-20(11-17(22)4)27-14-24(26)28-19-6-5-7-19/h8-12,15,19,25H,5-7,13-14H2,1-4H3. The van der Waals surface area contributed by atoms with Crippen LogP contribution in [0.25, 0.3) is 0 Å². The van der Waals surface area contributed by atoms with Gasteiger partial charge in [-0.3, -0.25) is 0 Å². The molecular weight excluding hydrogens is 352 g/mol. The number of aryl methyl sites for hydroxylation is 2. The van der Waals surface area contributed by atoms with Gasteiger partial charge in [0.15, 0.2) is 6.61 Å². The molecule has 0 heterocycles. The van der Waals surface area contributed by atoms with Crippen LogP contribution in [-0.4, -0.2) is 23.8 Å². The Bertz CT molecular complexity index is 827. The van der Waals surface area contributed by atoms with Crippen molar-refractivity contribution in [2.45, 2.75) is 65.4 Å². The second kappa shape index (κ2) is 8.68. The monoisotopic (exact) mass is 382 g/mol. The number of phenols is 1. The molecule has 1 aliphatic carbocycles. The van der Waals surface area contributed by atoms with Crippen molar-refractivity contribution in [3.05, 3.63) is 58.1 Å². The zero-order valence-electron chi connectivity index (χ0n) is 17.2. The molecule has 1 fully saturated rings. The second-order valence-corrected chi connectivity index (χ2v) is 8.09. The lowest BCUT2D eigenvalue weighted by Crippen LogP contribution is -2.27. The molecule has 0 spiro atoms. The van der Waals surface area contributed by atoms with E-state index in [2.05, 4.69) is 33.8 Å². The fourth-order valence-corrected chi connectivity index (χ4v) is 3.55. The predicted octanol–water partition coefficient (Wildman–Crippen LogP) is 5.20. The first-order valence-electron chi connectivity index (χ1n) is 10.1. The molecule has 1 saturated carbocycles. The van der Waals surface area contributed by atoms with Crippen molar-refractivity contribution in [3.8, 4) is 11.5 Å². The third-order valence-corrected chi connectivity index (χ3v) is 5.47. The lowest BCUT2D eigenvalue weighted by molar-refractivity contribution is -0.155. The summed E-state index contributed by atoms with van der Waals surface area (Å²) in [7, 11) is 0. The van der Waals surface area contributed by atoms with Gasteiger partial charge in [-0.05, 0) is 91.5 Å². The Morgan fingerprint density at radius 2 is 1.82 bits per heavy atom. The minimum Gasteiger partial charge on any atom is -0.508 e. The topological polar surface area (TPSA) is 55.8 Å². The fourth-order valence-electron chi connectivity index (χ4n) is 3.55. The molecule has 3 rings (SSSR count). The number of carbonyl (C=O) groups is 1. The average molecular weight is 383 g/mol. The molecule has 4 nitrogen and oxygen atoms in total. The Hall–Kier alpha value is -2.49. The van der Waals surface area contributed by atoms with Gasteiger partial charge < -0.3 is 14.6 Å². The smallest absolute Gasteiger partial charge is 0.344 e. The van der Waals surface area contributed by atoms with Gasteiger partial charge in [-0.2, -0.15) is 0 Å². The SMILES string of the molecule is Cc1cc(OCC(=O)OC2CCC2)cc(C)c1Cc1ccc(O)c(C(C)C)c1. The van der Waals surface area contributed by atoms with E-state index in [1.165, 1.54) is 11.1 Å². The molecule has 1 N–H and O–H groups in total. The minimum atomic E-state index is -0.297. The maximum Gasteiger partial charge on any atom is 0.344 e. The Kier molecular flexibility index (Phi) is 6.28. The van der Waals surface area contributed by atoms with Crippen LogP contribution >= 0.6 is 0 Å². The first-order valence-corrected chi connectivity index (χ1v) is 10.1. The van der Waals surface area contributed by atoms with E-state index < -0.39 is 0 Å². The fraction of sp³-hybridized carbons (Fsp3) is 0.458. The van der Waals surface area contributed by atoms with Gasteiger partial charge in [0.1, 0.15) is 17.6 Å². The number of aromatic hydroxyl groups is 1. The third-order valence-electron chi connectivity index (χ3n) is 5.47. The molecule has 2 aromatic carbocycles. The highest BCUT2D eigenvalue weighted by Gasteiger charge is 2.21. The Morgan fingerprint density at radius 3 is 2.39 bits per heavy atom. The molecule has 0 radical (unpaired) electrons. The molecule has 0 unspecified atom stereocenters. The lowest BCUT2D eigenvalue weighted by Gasteiger charge is -2.25. The summed E-state index contributed by atoms with van der Waals surface area (Å²) >= 11 is 0. The number of phenolic OH excluding ortho intramolecular Hbond substituents is 1. The van der Waals surface area contributed by atoms with Crippen molar-refractivity contribution >= 4 is 5.97 Å². The van der Waals surface area contributed by atoms with E-state index in [0.29, 0.717) is 11.5 Å². The molecule has 0 amide bonds. The lowest BCUT2D eigenvalue weighted by atomic mass is 9.93. The van der Waals surface area contributed by atoms with Crippen LogP contribution in [0.5, 0.6) is 11.5 Å². The van der Waals surface area contributed by atoms with Crippen LogP contribution in [0.2, 0.25) is 0 Å². The minimum absolute atomic E-state index is 0.0512. The number of hydrogen-bond donors (Lipinski definition) is 1. The first kappa shape index (κ1) is 20.2. The van der Waals surface area contributed by atoms with Crippen molar-refractivity contribution in [3.63, 3.8) is 0 Å². The number of rotatable bonds is 7. The Balaban J connectivity index is 1.68. The van der Waals surface area contributed by atoms with Crippen molar-refractivity contribution in [1.82, 2.24) is 0 Å². The van der Waals surface area contributed by atoms with Crippen LogP contribution in [0, 0.1) is 13.8 Å². The van der Waals surface area contributed by atoms with Crippen LogP contribution in [0.3, 0.4) is 0 Å². The number of ether oxygens (including phenoxy) is 2. The molecular formula is C24H30O4. The van der Waals surface area contributed by atoms with E-state index in [0.717, 1.165) is 42.4 Å². The molecule has 0 saturated heterocycles. The van der Waals surface area contributed by atoms with Gasteiger partial charge in [0.05, 0.1) is 0 Å². The van der Waals surface area contributed by atoms with Crippen molar-refractivity contribution in [1.29, 1.82) is 0 Å². The van der Waals surface area contributed by atoms with Gasteiger partial charge in [-0.1, -0.05) is 26.0 Å². The average Bonchev–Trinajstić information content (AvgIpc) is 2.60. The normalized spacial score (nSPS) is 14.0. The predicted molar refractivity (Wildman–Crippen MR) is 110 cm³/mol. The number of hydrogen-bond acceptors (Lipinski definition) is 4. The van der Waals surface area contributed by atoms with E-state index in [-0.39, 0.29) is 24.6 Å². The summed E-state index contributed by atoms with van der Waals surface area (Å²) in [5, 5.41) is 10.0. The molecule has 4 heteroatoms. The quantitative estimate of drug-likeness (QED) is 0.669. The first-order chi connectivity index (χ1) is 13.3. The number of esters is 1. The third kappa shape index (κ3) is 4.86. The van der Waals surface area contributed by atoms with Crippen molar-refractivity contribution in [2.75, 3.05) is 6.61 Å². The Morgan fingerprint density at radius 1 is 1.14 bits per heavy atom. The van der Waals surface area contributed by atoms with Crippen molar-refractivity contribution < 1.29 is 19.4 Å². The molecule has 28 heavy (non-hydrogen) atoms. The summed E-state index contributed by atoms with van der Waals surface area (Å²) < 4.78 is 11.0. The summed E-state index contributed by atoms with van der Waals surface area (Å²) in [5.74, 6) is 1.02. The van der Waals surface area contributed by atoms with Crippen LogP contribution < -0.4 is 4.74 Å². The van der Waals surface area contributed by atoms with E-state index in [9.17, 15) is 9.90 Å². The van der Waals surface area contributed by atoms with Crippen molar-refractivity contribution in [2.24, 2.45) is 0 Å². The van der Waals surface area contributed by atoms with E-state index in [1.807, 2.05) is 18.2 Å². The second-order valence-electron chi connectivity index (χ2n) is 8.09. The summed E-state index contributed by atoms with van der Waals surface area (Å²) in [4.78, 5) is 11.8. The zero-order chi connectivity index (χ0) is 20.3. The summed E-state index contributed by atoms with van der Waals surface area (Å²) in [6.07, 6.45) is 3.95. The Labute approximate surface area is 167 Å². The highest BCUT2D eigenvalue weighted by molar-refractivity contribution is 5.71. The molecule has 0 aliphatic heterocycles. The highest BCUT2D eigenvalue weighted by atomic mass is 16.6. The number of benzene rings is 2. The molecule has 1 aliphatic rings. The van der Waals surface area contributed by atoms with Gasteiger partial charge >= 0.3 is 5.97 Å². The molecule has 150 valence electrons. The molecule has 2 aromatic rings. The van der Waals surface area contributed by atoms with Gasteiger partial charge in [-0.15, -0.1) is 0 Å². The van der Waals surface area contributed by atoms with Crippen LogP contribution in [0.15, 0.2) is 30.3 Å². The van der Waals surface area contributed by atoms with Crippen LogP contribution in [0.4, 0.5) is 0 Å². The maximum absolute atomic E-state index is 11.8. The summed E-state index contributed by atoms with van der Waals surface area (Å²) in [5.41, 5.74) is 5.64. The van der Waals surface area contributed by atoms with Gasteiger partial charge in [0.25, 0.3) is 0 Å². The van der Waals surface area contributed by atoms with Gasteiger partial charge in [0, 0.05) is 0 Å². The molecule has 0 aromatic heterocycles. The summed E-state index contributed by atoms with van der Waals surface area (Å²) in [6, 6.07) is 9.78. The van der Waals surface area contributed by atoms with Gasteiger partial charge in [-0.25, -0.2) is 4.79 Å². The van der Waals surface area contributed by atoms with Crippen LogP contribution in [-0.2, 0) is 16.0 Å². The maximum atomic E-state index is 11.8. The van der Waals surface area contributed by atoms with E-state index in [1.54, 1.807) is 6.07 Å². The molecule has 0 bridgehead atoms. The largest absolute Gasteiger partial charge is 0.508 e. The van der Waals surface area contributed by atoms with E-state index in [4.69, 9.17) is 9.47 Å². The zero-order valence-corrected chi connectivity index (χ0v) is 17.2. The highest BCUT2D eigenvalue weighted by Crippen LogP contribution is 2.29. The van der Waals surface area contributed by atoms with Crippen LogP contribution in [0.1, 0.15) is 66.8 Å². The summed E-state index contributed by atoms with van der Waals surface area (Å²) in [6.45, 7) is 8.23. The van der Waals surface area contributed by atoms with Gasteiger partial charge in [0.2, 0.25) is 0 Å². The van der Waals surface area contributed by atoms with E-state index >= 15 is 0 Å².